The first kappa shape index (κ1) is 12.0. The molecule has 2 aliphatic carbocycles. The topological polar surface area (TPSA) is 57.6 Å². The lowest BCUT2D eigenvalue weighted by molar-refractivity contribution is -0.148. The first-order valence-corrected chi connectivity index (χ1v) is 7.11. The number of rotatable bonds is 3. The number of amides is 1. The van der Waals surface area contributed by atoms with E-state index in [9.17, 15) is 14.7 Å². The van der Waals surface area contributed by atoms with Crippen molar-refractivity contribution in [2.75, 3.05) is 13.1 Å². The van der Waals surface area contributed by atoms with E-state index in [0.29, 0.717) is 37.8 Å². The molecule has 0 radical (unpaired) electrons. The Hall–Kier alpha value is -1.06. The van der Waals surface area contributed by atoms with Gasteiger partial charge in [0.05, 0.1) is 5.41 Å². The highest BCUT2D eigenvalue weighted by molar-refractivity contribution is 5.84. The quantitative estimate of drug-likeness (QED) is 0.831. The summed E-state index contributed by atoms with van der Waals surface area (Å²) in [5.41, 5.74) is -0.681. The summed E-state index contributed by atoms with van der Waals surface area (Å²) in [7, 11) is 0. The Bertz CT molecular complexity index is 385. The summed E-state index contributed by atoms with van der Waals surface area (Å²) in [5.74, 6) is 0.982. The molecule has 1 saturated heterocycles. The fourth-order valence-electron chi connectivity index (χ4n) is 4.07. The van der Waals surface area contributed by atoms with Crippen molar-refractivity contribution in [1.29, 1.82) is 0 Å². The molecule has 3 unspecified atom stereocenters. The first-order valence-electron chi connectivity index (χ1n) is 7.11. The van der Waals surface area contributed by atoms with Gasteiger partial charge in [0.1, 0.15) is 0 Å². The molecule has 0 aromatic heterocycles. The number of nitrogens with zero attached hydrogens (tertiary/aromatic N) is 1. The van der Waals surface area contributed by atoms with Gasteiger partial charge in [-0.15, -0.1) is 0 Å². The zero-order valence-electron chi connectivity index (χ0n) is 10.9. The summed E-state index contributed by atoms with van der Waals surface area (Å²) in [4.78, 5) is 25.6. The first-order chi connectivity index (χ1) is 8.59. The Morgan fingerprint density at radius 3 is 2.50 bits per heavy atom. The van der Waals surface area contributed by atoms with E-state index in [1.165, 1.54) is 19.3 Å². The number of carbonyl (C=O) groups is 2. The number of hydrogen-bond donors (Lipinski definition) is 1. The Morgan fingerprint density at radius 1 is 1.33 bits per heavy atom. The second-order valence-corrected chi connectivity index (χ2v) is 6.23. The summed E-state index contributed by atoms with van der Waals surface area (Å²) in [5, 5.41) is 9.34. The molecule has 0 bridgehead atoms. The molecular weight excluding hydrogens is 230 g/mol. The number of carboxylic acid groups (broad SMARTS) is 1. The Balaban J connectivity index is 1.65. The van der Waals surface area contributed by atoms with Crippen LogP contribution in [0.5, 0.6) is 0 Å². The predicted octanol–water partition coefficient (Wildman–Crippen LogP) is 1.75. The molecule has 0 spiro atoms. The molecule has 3 rings (SSSR count). The second kappa shape index (κ2) is 3.97. The molecule has 4 heteroatoms. The molecule has 100 valence electrons. The van der Waals surface area contributed by atoms with Crippen molar-refractivity contribution in [3.63, 3.8) is 0 Å². The lowest BCUT2D eigenvalue weighted by atomic mass is 9.84. The molecule has 1 N–H and O–H groups in total. The van der Waals surface area contributed by atoms with E-state index in [2.05, 4.69) is 0 Å². The molecule has 1 heterocycles. The van der Waals surface area contributed by atoms with Gasteiger partial charge in [-0.1, -0.05) is 13.3 Å². The molecule has 3 fully saturated rings. The van der Waals surface area contributed by atoms with Crippen LogP contribution in [0.3, 0.4) is 0 Å². The molecule has 0 aromatic carbocycles. The lowest BCUT2D eigenvalue weighted by Gasteiger charge is -2.23. The number of carbonyl (C=O) groups excluding carboxylic acids is 1. The van der Waals surface area contributed by atoms with Crippen LogP contribution in [-0.4, -0.2) is 35.0 Å². The monoisotopic (exact) mass is 251 g/mol. The van der Waals surface area contributed by atoms with Gasteiger partial charge in [-0.25, -0.2) is 0 Å². The normalized spacial score (nSPS) is 41.8. The highest BCUT2D eigenvalue weighted by atomic mass is 16.4. The fraction of sp³-hybridized carbons (Fsp3) is 0.857. The zero-order chi connectivity index (χ0) is 12.9. The van der Waals surface area contributed by atoms with Crippen LogP contribution >= 0.6 is 0 Å². The minimum Gasteiger partial charge on any atom is -0.481 e. The SMILES string of the molecule is CCC1(C(=O)O)CCN(C(=O)C2C3CCCC32)C1. The number of carboxylic acids is 1. The average Bonchev–Trinajstić information content (AvgIpc) is 2.77. The summed E-state index contributed by atoms with van der Waals surface area (Å²) in [6.07, 6.45) is 4.91. The molecule has 1 aliphatic heterocycles. The van der Waals surface area contributed by atoms with Crippen LogP contribution in [0, 0.1) is 23.2 Å². The third-order valence-corrected chi connectivity index (χ3v) is 5.49. The largest absolute Gasteiger partial charge is 0.481 e. The van der Waals surface area contributed by atoms with Crippen molar-refractivity contribution in [2.45, 2.75) is 39.0 Å². The average molecular weight is 251 g/mol. The van der Waals surface area contributed by atoms with Gasteiger partial charge in [0.25, 0.3) is 0 Å². The molecule has 3 aliphatic rings. The summed E-state index contributed by atoms with van der Waals surface area (Å²) in [6, 6.07) is 0. The maximum absolute atomic E-state index is 12.4. The minimum atomic E-state index is -0.740. The van der Waals surface area contributed by atoms with E-state index in [-0.39, 0.29) is 11.8 Å². The van der Waals surface area contributed by atoms with Crippen LogP contribution in [0.4, 0.5) is 0 Å². The van der Waals surface area contributed by atoms with Crippen molar-refractivity contribution in [2.24, 2.45) is 23.2 Å². The maximum Gasteiger partial charge on any atom is 0.311 e. The molecular formula is C14H21NO3. The minimum absolute atomic E-state index is 0.236. The van der Waals surface area contributed by atoms with Crippen molar-refractivity contribution < 1.29 is 14.7 Å². The van der Waals surface area contributed by atoms with Crippen LogP contribution in [0.2, 0.25) is 0 Å². The van der Waals surface area contributed by atoms with Crippen LogP contribution in [0.25, 0.3) is 0 Å². The number of hydrogen-bond acceptors (Lipinski definition) is 2. The number of aliphatic carboxylic acids is 1. The van der Waals surface area contributed by atoms with Crippen LogP contribution < -0.4 is 0 Å². The number of likely N-dealkylation sites (tertiary alicyclic amines) is 1. The van der Waals surface area contributed by atoms with E-state index in [1.54, 1.807) is 0 Å². The molecule has 0 aromatic rings. The van der Waals surface area contributed by atoms with Crippen LogP contribution in [-0.2, 0) is 9.59 Å². The molecule has 1 amide bonds. The standard InChI is InChI=1S/C14H21NO3/c1-2-14(13(17)18)6-7-15(8-14)12(16)11-9-4-3-5-10(9)11/h9-11H,2-8H2,1H3,(H,17,18). The molecule has 18 heavy (non-hydrogen) atoms. The van der Waals surface area contributed by atoms with Crippen LogP contribution in [0.1, 0.15) is 39.0 Å². The number of fused-ring (bicyclic) bond motifs is 1. The lowest BCUT2D eigenvalue weighted by Crippen LogP contribution is -2.37. The van der Waals surface area contributed by atoms with Gasteiger partial charge in [-0.05, 0) is 37.5 Å². The summed E-state index contributed by atoms with van der Waals surface area (Å²) < 4.78 is 0. The van der Waals surface area contributed by atoms with E-state index in [4.69, 9.17) is 0 Å². The smallest absolute Gasteiger partial charge is 0.311 e. The zero-order valence-corrected chi connectivity index (χ0v) is 10.9. The predicted molar refractivity (Wildman–Crippen MR) is 65.9 cm³/mol. The summed E-state index contributed by atoms with van der Waals surface area (Å²) in [6.45, 7) is 2.97. The van der Waals surface area contributed by atoms with Crippen molar-refractivity contribution in [1.82, 2.24) is 4.90 Å². The van der Waals surface area contributed by atoms with E-state index in [1.807, 2.05) is 11.8 Å². The molecule has 2 saturated carbocycles. The van der Waals surface area contributed by atoms with Gasteiger partial charge in [-0.3, -0.25) is 9.59 Å². The Kier molecular flexibility index (Phi) is 2.65. The molecule has 3 atom stereocenters. The molecule has 4 nitrogen and oxygen atoms in total. The van der Waals surface area contributed by atoms with Gasteiger partial charge in [0.2, 0.25) is 5.91 Å². The van der Waals surface area contributed by atoms with Crippen LogP contribution in [0.15, 0.2) is 0 Å². The van der Waals surface area contributed by atoms with Crippen molar-refractivity contribution in [3.05, 3.63) is 0 Å². The third kappa shape index (κ3) is 1.57. The van der Waals surface area contributed by atoms with Gasteiger partial charge < -0.3 is 10.0 Å². The maximum atomic E-state index is 12.4. The van der Waals surface area contributed by atoms with Gasteiger partial charge >= 0.3 is 5.97 Å². The second-order valence-electron chi connectivity index (χ2n) is 6.23. The van der Waals surface area contributed by atoms with Gasteiger partial charge in [-0.2, -0.15) is 0 Å². The Labute approximate surface area is 107 Å². The Morgan fingerprint density at radius 2 is 2.00 bits per heavy atom. The fourth-order valence-corrected chi connectivity index (χ4v) is 4.07. The third-order valence-electron chi connectivity index (χ3n) is 5.49. The van der Waals surface area contributed by atoms with Crippen molar-refractivity contribution >= 4 is 11.9 Å². The van der Waals surface area contributed by atoms with Gasteiger partial charge in [0, 0.05) is 19.0 Å². The highest BCUT2D eigenvalue weighted by Crippen LogP contribution is 2.58. The van der Waals surface area contributed by atoms with E-state index in [0.717, 1.165) is 0 Å². The van der Waals surface area contributed by atoms with Gasteiger partial charge in [0.15, 0.2) is 0 Å². The highest BCUT2D eigenvalue weighted by Gasteiger charge is 2.58. The van der Waals surface area contributed by atoms with Crippen molar-refractivity contribution in [3.8, 4) is 0 Å². The van der Waals surface area contributed by atoms with E-state index >= 15 is 0 Å². The van der Waals surface area contributed by atoms with E-state index < -0.39 is 11.4 Å². The summed E-state index contributed by atoms with van der Waals surface area (Å²) >= 11 is 0.